The van der Waals surface area contributed by atoms with Crippen LogP contribution in [0.1, 0.15) is 79.4 Å². The molecule has 0 spiro atoms. The average Bonchev–Trinajstić information content (AvgIpc) is 2.48. The van der Waals surface area contributed by atoms with Crippen molar-refractivity contribution in [1.29, 1.82) is 0 Å². The highest BCUT2D eigenvalue weighted by atomic mass is 16.3. The summed E-state index contributed by atoms with van der Waals surface area (Å²) >= 11 is 0. The molecule has 0 amide bonds. The van der Waals surface area contributed by atoms with Gasteiger partial charge in [0.2, 0.25) is 0 Å². The van der Waals surface area contributed by atoms with Gasteiger partial charge in [-0.25, -0.2) is 0 Å². The summed E-state index contributed by atoms with van der Waals surface area (Å²) in [5, 5.41) is 9.50. The van der Waals surface area contributed by atoms with Gasteiger partial charge in [-0.1, -0.05) is 67.9 Å². The summed E-state index contributed by atoms with van der Waals surface area (Å²) in [5.74, 6) is 0.384. The maximum atomic E-state index is 9.50. The Bertz CT molecular complexity index is 389. The van der Waals surface area contributed by atoms with Crippen molar-refractivity contribution in [1.82, 2.24) is 0 Å². The third-order valence-electron chi connectivity index (χ3n) is 3.35. The molecule has 0 aromatic heterocycles. The molecule has 0 unspecified atom stereocenters. The fourth-order valence-electron chi connectivity index (χ4n) is 2.98. The highest BCUT2D eigenvalue weighted by Crippen LogP contribution is 2.49. The van der Waals surface area contributed by atoms with Gasteiger partial charge in [0, 0.05) is 0 Å². The third kappa shape index (κ3) is 4.26. The normalized spacial score (nSPS) is 17.5. The summed E-state index contributed by atoms with van der Waals surface area (Å²) in [6.45, 7) is 17.3. The van der Waals surface area contributed by atoms with Crippen LogP contribution in [0.25, 0.3) is 0 Å². The van der Waals surface area contributed by atoms with Crippen LogP contribution in [0.2, 0.25) is 0 Å². The molecule has 0 fully saturated rings. The smallest absolute Gasteiger partial charge is 0.115 e. The van der Waals surface area contributed by atoms with E-state index in [-0.39, 0.29) is 10.8 Å². The zero-order valence-corrected chi connectivity index (χ0v) is 14.1. The van der Waals surface area contributed by atoms with Gasteiger partial charge in [-0.15, -0.1) is 0 Å². The molecule has 2 rings (SSSR count). The second kappa shape index (κ2) is 6.98. The van der Waals surface area contributed by atoms with Crippen LogP contribution in [0.3, 0.4) is 0 Å². The molecule has 1 N–H and O–H groups in total. The zero-order valence-electron chi connectivity index (χ0n) is 14.1. The average molecular weight is 264 g/mol. The Kier molecular flexibility index (Phi) is 6.62. The number of hydrogen-bond acceptors (Lipinski definition) is 1. The number of rotatable bonds is 0. The molecule has 1 aliphatic rings. The van der Waals surface area contributed by atoms with Gasteiger partial charge in [0.05, 0.1) is 0 Å². The summed E-state index contributed by atoms with van der Waals surface area (Å²) in [6.07, 6.45) is 2.40. The molecular formula is C18H32O. The van der Waals surface area contributed by atoms with Crippen molar-refractivity contribution in [2.45, 2.75) is 79.1 Å². The molecule has 1 aromatic carbocycles. The summed E-state index contributed by atoms with van der Waals surface area (Å²) in [7, 11) is 0. The number of aromatic hydroxyl groups is 1. The summed E-state index contributed by atoms with van der Waals surface area (Å²) in [4.78, 5) is 0. The SMILES string of the molecule is CC.CC1(C)CC(C)(C)c2cc(O)ccc21.CCC. The lowest BCUT2D eigenvalue weighted by Crippen LogP contribution is -2.17. The van der Waals surface area contributed by atoms with Crippen molar-refractivity contribution in [3.63, 3.8) is 0 Å². The van der Waals surface area contributed by atoms with Gasteiger partial charge >= 0.3 is 0 Å². The minimum Gasteiger partial charge on any atom is -0.508 e. The molecule has 1 heteroatoms. The van der Waals surface area contributed by atoms with Crippen molar-refractivity contribution in [3.05, 3.63) is 29.3 Å². The van der Waals surface area contributed by atoms with Crippen molar-refractivity contribution in [3.8, 4) is 5.75 Å². The van der Waals surface area contributed by atoms with Crippen LogP contribution in [-0.2, 0) is 10.8 Å². The first-order chi connectivity index (χ1) is 8.74. The van der Waals surface area contributed by atoms with Crippen molar-refractivity contribution in [2.75, 3.05) is 0 Å². The van der Waals surface area contributed by atoms with E-state index in [2.05, 4.69) is 47.6 Å². The van der Waals surface area contributed by atoms with E-state index in [1.807, 2.05) is 19.9 Å². The molecule has 1 aromatic rings. The van der Waals surface area contributed by atoms with Crippen LogP contribution in [-0.4, -0.2) is 5.11 Å². The summed E-state index contributed by atoms with van der Waals surface area (Å²) < 4.78 is 0. The van der Waals surface area contributed by atoms with Gasteiger partial charge in [-0.05, 0) is 40.5 Å². The van der Waals surface area contributed by atoms with Gasteiger partial charge in [0.1, 0.15) is 5.75 Å². The summed E-state index contributed by atoms with van der Waals surface area (Å²) in [5.41, 5.74) is 3.13. The Labute approximate surface area is 120 Å². The van der Waals surface area contributed by atoms with E-state index in [9.17, 15) is 5.11 Å². The molecule has 0 radical (unpaired) electrons. The van der Waals surface area contributed by atoms with E-state index in [0.717, 1.165) is 6.42 Å². The molecular weight excluding hydrogens is 232 g/mol. The van der Waals surface area contributed by atoms with Gasteiger partial charge in [0.25, 0.3) is 0 Å². The van der Waals surface area contributed by atoms with Crippen LogP contribution in [0.15, 0.2) is 18.2 Å². The first kappa shape index (κ1) is 18.0. The molecule has 0 aliphatic heterocycles. The maximum absolute atomic E-state index is 9.50. The lowest BCUT2D eigenvalue weighted by molar-refractivity contribution is 0.402. The van der Waals surface area contributed by atoms with Gasteiger partial charge in [-0.3, -0.25) is 0 Å². The van der Waals surface area contributed by atoms with Crippen molar-refractivity contribution >= 4 is 0 Å². The number of fused-ring (bicyclic) bond motifs is 1. The van der Waals surface area contributed by atoms with Crippen molar-refractivity contribution in [2.24, 2.45) is 0 Å². The number of hydrogen-bond donors (Lipinski definition) is 1. The van der Waals surface area contributed by atoms with E-state index in [0.29, 0.717) is 5.75 Å². The summed E-state index contributed by atoms with van der Waals surface area (Å²) in [6, 6.07) is 5.78. The zero-order chi connectivity index (χ0) is 15.3. The van der Waals surface area contributed by atoms with E-state index in [1.54, 1.807) is 6.07 Å². The van der Waals surface area contributed by atoms with Crippen LogP contribution >= 0.6 is 0 Å². The molecule has 19 heavy (non-hydrogen) atoms. The Morgan fingerprint density at radius 1 is 0.947 bits per heavy atom. The number of phenols is 1. The molecule has 0 heterocycles. The van der Waals surface area contributed by atoms with Gasteiger partial charge < -0.3 is 5.11 Å². The fourth-order valence-corrected chi connectivity index (χ4v) is 2.98. The fraction of sp³-hybridized carbons (Fsp3) is 0.667. The molecule has 0 atom stereocenters. The van der Waals surface area contributed by atoms with E-state index in [1.165, 1.54) is 17.5 Å². The lowest BCUT2D eigenvalue weighted by atomic mass is 9.82. The first-order valence-electron chi connectivity index (χ1n) is 7.58. The quantitative estimate of drug-likeness (QED) is 0.628. The van der Waals surface area contributed by atoms with Crippen LogP contribution < -0.4 is 0 Å². The van der Waals surface area contributed by atoms with Gasteiger partial charge in [-0.2, -0.15) is 0 Å². The van der Waals surface area contributed by atoms with Crippen molar-refractivity contribution < 1.29 is 5.11 Å². The topological polar surface area (TPSA) is 20.2 Å². The predicted octanol–water partition coefficient (Wildman–Crippen LogP) is 5.79. The second-order valence-electron chi connectivity index (χ2n) is 6.38. The highest BCUT2D eigenvalue weighted by molar-refractivity contribution is 5.47. The Hall–Kier alpha value is -0.980. The number of phenolic OH excluding ortho intramolecular Hbond substituents is 1. The van der Waals surface area contributed by atoms with Crippen LogP contribution in [0, 0.1) is 0 Å². The second-order valence-corrected chi connectivity index (χ2v) is 6.38. The highest BCUT2D eigenvalue weighted by Gasteiger charge is 2.41. The lowest BCUT2D eigenvalue weighted by Gasteiger charge is -2.22. The molecule has 110 valence electrons. The molecule has 1 nitrogen and oxygen atoms in total. The van der Waals surface area contributed by atoms with Crippen LogP contribution in [0.4, 0.5) is 0 Å². The first-order valence-corrected chi connectivity index (χ1v) is 7.58. The molecule has 0 bridgehead atoms. The standard InChI is InChI=1S/C13H18O.C3H8.C2H6/c1-12(2)8-13(3,4)11-7-9(14)5-6-10(11)12;1-3-2;1-2/h5-7,14H,8H2,1-4H3;3H2,1-2H3;1-2H3. The van der Waals surface area contributed by atoms with Gasteiger partial charge in [0.15, 0.2) is 0 Å². The van der Waals surface area contributed by atoms with E-state index >= 15 is 0 Å². The predicted molar refractivity (Wildman–Crippen MR) is 86.1 cm³/mol. The minimum atomic E-state index is 0.192. The van der Waals surface area contributed by atoms with Crippen LogP contribution in [0.5, 0.6) is 5.75 Å². The molecule has 1 aliphatic carbocycles. The molecule has 0 saturated heterocycles. The minimum absolute atomic E-state index is 0.192. The Morgan fingerprint density at radius 2 is 1.37 bits per heavy atom. The third-order valence-corrected chi connectivity index (χ3v) is 3.35. The molecule has 0 saturated carbocycles. The number of benzene rings is 1. The van der Waals surface area contributed by atoms with E-state index in [4.69, 9.17) is 0 Å². The maximum Gasteiger partial charge on any atom is 0.115 e. The van der Waals surface area contributed by atoms with E-state index < -0.39 is 0 Å². The largest absolute Gasteiger partial charge is 0.508 e. The Balaban J connectivity index is 0.000000573. The monoisotopic (exact) mass is 264 g/mol. The Morgan fingerprint density at radius 3 is 1.84 bits per heavy atom.